The van der Waals surface area contributed by atoms with Gasteiger partial charge in [-0.25, -0.2) is 0 Å². The zero-order valence-electron chi connectivity index (χ0n) is 12.6. The van der Waals surface area contributed by atoms with Gasteiger partial charge >= 0.3 is 5.97 Å². The molecule has 1 aromatic rings. The van der Waals surface area contributed by atoms with E-state index in [9.17, 15) is 4.79 Å². The third-order valence-electron chi connectivity index (χ3n) is 4.09. The molecule has 0 bridgehead atoms. The van der Waals surface area contributed by atoms with Crippen LogP contribution in [0.2, 0.25) is 0 Å². The lowest BCUT2D eigenvalue weighted by molar-refractivity contribution is -0.147. The van der Waals surface area contributed by atoms with Gasteiger partial charge in [-0.3, -0.25) is 4.79 Å². The van der Waals surface area contributed by atoms with Crippen LogP contribution in [-0.2, 0) is 4.79 Å². The van der Waals surface area contributed by atoms with Crippen molar-refractivity contribution in [3.05, 3.63) is 26.8 Å². The minimum absolute atomic E-state index is 0.127. The first-order valence-corrected chi connectivity index (χ1v) is 7.79. The van der Waals surface area contributed by atoms with Gasteiger partial charge in [0.05, 0.1) is 5.41 Å². The highest BCUT2D eigenvalue weighted by atomic mass is 127. The molecular formula is C16H23IO2. The standard InChI is InChI=1S/C16H23IO2/c1-7-16(6,10(2)3)15(18)19-14-11(4)8-13(17)9-12(14)5/h8-10H,7H2,1-6H3. The molecule has 19 heavy (non-hydrogen) atoms. The summed E-state index contributed by atoms with van der Waals surface area (Å²) in [5.41, 5.74) is 1.60. The van der Waals surface area contributed by atoms with Crippen LogP contribution in [-0.4, -0.2) is 5.97 Å². The van der Waals surface area contributed by atoms with Crippen LogP contribution in [0.4, 0.5) is 0 Å². The molecule has 2 nitrogen and oxygen atoms in total. The quantitative estimate of drug-likeness (QED) is 0.426. The number of benzene rings is 1. The molecule has 0 spiro atoms. The molecule has 0 radical (unpaired) electrons. The van der Waals surface area contributed by atoms with Gasteiger partial charge in [0, 0.05) is 3.57 Å². The Hall–Kier alpha value is -0.580. The van der Waals surface area contributed by atoms with E-state index in [0.717, 1.165) is 21.1 Å². The average molecular weight is 374 g/mol. The number of hydrogen-bond donors (Lipinski definition) is 0. The van der Waals surface area contributed by atoms with Crippen molar-refractivity contribution in [2.75, 3.05) is 0 Å². The van der Waals surface area contributed by atoms with Crippen LogP contribution in [0, 0.1) is 28.8 Å². The molecule has 1 atom stereocenters. The van der Waals surface area contributed by atoms with Gasteiger partial charge in [0.15, 0.2) is 0 Å². The van der Waals surface area contributed by atoms with Gasteiger partial charge < -0.3 is 4.74 Å². The SMILES string of the molecule is CCC(C)(C(=O)Oc1c(C)cc(I)cc1C)C(C)C. The molecule has 1 rings (SSSR count). The molecule has 0 saturated carbocycles. The van der Waals surface area contributed by atoms with Crippen molar-refractivity contribution in [2.24, 2.45) is 11.3 Å². The Kier molecular flexibility index (Phi) is 5.42. The number of halogens is 1. The molecule has 1 unspecified atom stereocenters. The summed E-state index contributed by atoms with van der Waals surface area (Å²) in [6.07, 6.45) is 0.784. The number of hydrogen-bond acceptors (Lipinski definition) is 2. The number of esters is 1. The Labute approximate surface area is 130 Å². The topological polar surface area (TPSA) is 26.3 Å². The molecule has 0 heterocycles. The molecule has 3 heteroatoms. The largest absolute Gasteiger partial charge is 0.426 e. The van der Waals surface area contributed by atoms with E-state index in [1.165, 1.54) is 0 Å². The van der Waals surface area contributed by atoms with Crippen molar-refractivity contribution in [1.29, 1.82) is 0 Å². The van der Waals surface area contributed by atoms with E-state index in [1.54, 1.807) is 0 Å². The van der Waals surface area contributed by atoms with Gasteiger partial charge in [0.2, 0.25) is 0 Å². The maximum absolute atomic E-state index is 12.5. The van der Waals surface area contributed by atoms with Crippen molar-refractivity contribution in [3.63, 3.8) is 0 Å². The van der Waals surface area contributed by atoms with Gasteiger partial charge in [-0.05, 0) is 79.0 Å². The van der Waals surface area contributed by atoms with Gasteiger partial charge in [-0.1, -0.05) is 20.8 Å². The minimum Gasteiger partial charge on any atom is -0.426 e. The highest BCUT2D eigenvalue weighted by Gasteiger charge is 2.37. The number of carbonyl (C=O) groups is 1. The molecule has 0 amide bonds. The monoisotopic (exact) mass is 374 g/mol. The number of carbonyl (C=O) groups excluding carboxylic acids is 1. The van der Waals surface area contributed by atoms with Crippen molar-refractivity contribution in [2.45, 2.75) is 48.0 Å². The van der Waals surface area contributed by atoms with Crippen LogP contribution in [0.15, 0.2) is 12.1 Å². The number of ether oxygens (including phenoxy) is 1. The molecule has 0 aromatic heterocycles. The third kappa shape index (κ3) is 3.50. The molecule has 0 fully saturated rings. The van der Waals surface area contributed by atoms with Crippen LogP contribution in [0.25, 0.3) is 0 Å². The van der Waals surface area contributed by atoms with E-state index in [4.69, 9.17) is 4.74 Å². The van der Waals surface area contributed by atoms with Crippen LogP contribution in [0.1, 0.15) is 45.2 Å². The Morgan fingerprint density at radius 3 is 2.16 bits per heavy atom. The molecule has 0 N–H and O–H groups in total. The minimum atomic E-state index is -0.429. The fraction of sp³-hybridized carbons (Fsp3) is 0.562. The number of aryl methyl sites for hydroxylation is 2. The summed E-state index contributed by atoms with van der Waals surface area (Å²) in [5, 5.41) is 0. The lowest BCUT2D eigenvalue weighted by Crippen LogP contribution is -2.36. The summed E-state index contributed by atoms with van der Waals surface area (Å²) in [7, 11) is 0. The lowest BCUT2D eigenvalue weighted by atomic mass is 9.77. The lowest BCUT2D eigenvalue weighted by Gasteiger charge is -2.30. The van der Waals surface area contributed by atoms with Crippen LogP contribution in [0.3, 0.4) is 0 Å². The van der Waals surface area contributed by atoms with Crippen LogP contribution < -0.4 is 4.74 Å². The Morgan fingerprint density at radius 1 is 1.32 bits per heavy atom. The van der Waals surface area contributed by atoms with Crippen molar-refractivity contribution in [1.82, 2.24) is 0 Å². The van der Waals surface area contributed by atoms with E-state index in [-0.39, 0.29) is 11.9 Å². The first kappa shape index (κ1) is 16.5. The van der Waals surface area contributed by atoms with E-state index in [1.807, 2.05) is 39.8 Å². The predicted octanol–water partition coefficient (Wildman–Crippen LogP) is 4.89. The van der Waals surface area contributed by atoms with Gasteiger partial charge in [0.25, 0.3) is 0 Å². The molecular weight excluding hydrogens is 351 g/mol. The molecule has 0 saturated heterocycles. The first-order valence-electron chi connectivity index (χ1n) is 6.71. The first-order chi connectivity index (χ1) is 8.72. The van der Waals surface area contributed by atoms with E-state index in [2.05, 4.69) is 36.4 Å². The van der Waals surface area contributed by atoms with Gasteiger partial charge in [0.1, 0.15) is 5.75 Å². The van der Waals surface area contributed by atoms with Gasteiger partial charge in [-0.15, -0.1) is 0 Å². The summed E-state index contributed by atoms with van der Waals surface area (Å²) < 4.78 is 6.87. The summed E-state index contributed by atoms with van der Waals surface area (Å²) >= 11 is 2.28. The fourth-order valence-corrected chi connectivity index (χ4v) is 2.99. The smallest absolute Gasteiger partial charge is 0.317 e. The normalized spacial score (nSPS) is 14.3. The van der Waals surface area contributed by atoms with Crippen LogP contribution >= 0.6 is 22.6 Å². The van der Waals surface area contributed by atoms with Gasteiger partial charge in [-0.2, -0.15) is 0 Å². The molecule has 106 valence electrons. The highest BCUT2D eigenvalue weighted by Crippen LogP contribution is 2.34. The second kappa shape index (κ2) is 6.25. The maximum Gasteiger partial charge on any atom is 0.317 e. The average Bonchev–Trinajstić information content (AvgIpc) is 2.31. The Bertz CT molecular complexity index is 457. The second-order valence-electron chi connectivity index (χ2n) is 5.68. The summed E-state index contributed by atoms with van der Waals surface area (Å²) in [5.74, 6) is 0.845. The zero-order chi connectivity index (χ0) is 14.8. The maximum atomic E-state index is 12.5. The van der Waals surface area contributed by atoms with E-state index < -0.39 is 5.41 Å². The Balaban J connectivity index is 3.07. The molecule has 0 aliphatic carbocycles. The zero-order valence-corrected chi connectivity index (χ0v) is 14.8. The summed E-state index contributed by atoms with van der Waals surface area (Å²) in [6, 6.07) is 4.07. The molecule has 0 aliphatic heterocycles. The second-order valence-corrected chi connectivity index (χ2v) is 6.93. The van der Waals surface area contributed by atoms with E-state index >= 15 is 0 Å². The van der Waals surface area contributed by atoms with Crippen molar-refractivity contribution < 1.29 is 9.53 Å². The number of rotatable bonds is 4. The summed E-state index contributed by atoms with van der Waals surface area (Å²) in [6.45, 7) is 12.1. The van der Waals surface area contributed by atoms with E-state index in [0.29, 0.717) is 5.75 Å². The fourth-order valence-electron chi connectivity index (χ4n) is 2.06. The molecule has 0 aliphatic rings. The Morgan fingerprint density at radius 2 is 1.79 bits per heavy atom. The third-order valence-corrected chi connectivity index (χ3v) is 4.72. The predicted molar refractivity (Wildman–Crippen MR) is 87.5 cm³/mol. The molecule has 1 aromatic carbocycles. The van der Waals surface area contributed by atoms with Crippen LogP contribution in [0.5, 0.6) is 5.75 Å². The summed E-state index contributed by atoms with van der Waals surface area (Å²) in [4.78, 5) is 12.5. The van der Waals surface area contributed by atoms with Crippen molar-refractivity contribution >= 4 is 28.6 Å². The van der Waals surface area contributed by atoms with Crippen molar-refractivity contribution in [3.8, 4) is 5.75 Å². The highest BCUT2D eigenvalue weighted by molar-refractivity contribution is 14.1.